The predicted molar refractivity (Wildman–Crippen MR) is 87.8 cm³/mol. The lowest BCUT2D eigenvalue weighted by molar-refractivity contribution is 0.0927. The Morgan fingerprint density at radius 3 is 2.91 bits per heavy atom. The minimum Gasteiger partial charge on any atom is -0.383 e. The summed E-state index contributed by atoms with van der Waals surface area (Å²) in [5.41, 5.74) is 0.858. The molecule has 0 spiro atoms. The fourth-order valence-electron chi connectivity index (χ4n) is 2.70. The van der Waals surface area contributed by atoms with Crippen LogP contribution < -0.4 is 10.2 Å². The molecule has 0 saturated carbocycles. The Hall–Kier alpha value is -1.73. The van der Waals surface area contributed by atoms with Crippen LogP contribution in [0, 0.1) is 6.92 Å². The fourth-order valence-corrected chi connectivity index (χ4v) is 3.47. The van der Waals surface area contributed by atoms with E-state index in [0.717, 1.165) is 29.8 Å². The van der Waals surface area contributed by atoms with E-state index in [2.05, 4.69) is 27.1 Å². The molecule has 0 unspecified atom stereocenters. The molecule has 0 bridgehead atoms. The van der Waals surface area contributed by atoms with Crippen molar-refractivity contribution in [3.63, 3.8) is 0 Å². The van der Waals surface area contributed by atoms with Crippen molar-refractivity contribution >= 4 is 34.0 Å². The van der Waals surface area contributed by atoms with Crippen molar-refractivity contribution in [1.82, 2.24) is 15.3 Å². The summed E-state index contributed by atoms with van der Waals surface area (Å²) in [6.45, 7) is 5.00. The Labute approximate surface area is 133 Å². The van der Waals surface area contributed by atoms with Crippen LogP contribution in [0.4, 0.5) is 5.82 Å². The van der Waals surface area contributed by atoms with Gasteiger partial charge < -0.3 is 15.0 Å². The standard InChI is InChI=1S/C15H20N4O2S/c1-10-12-11(9-22-10)17-13(15(20)16-5-8-21-2)18-14(12)19-6-3-4-7-19/h9H,3-8H2,1-2H3,(H,16,20). The van der Waals surface area contributed by atoms with Crippen molar-refractivity contribution < 1.29 is 9.53 Å². The summed E-state index contributed by atoms with van der Waals surface area (Å²) < 4.78 is 4.94. The first-order valence-electron chi connectivity index (χ1n) is 7.48. The second-order valence-corrected chi connectivity index (χ2v) is 6.45. The molecule has 1 fully saturated rings. The Balaban J connectivity index is 1.96. The minimum absolute atomic E-state index is 0.239. The summed E-state index contributed by atoms with van der Waals surface area (Å²) in [6, 6.07) is 0. The molecule has 1 aliphatic rings. The molecule has 1 N–H and O–H groups in total. The van der Waals surface area contributed by atoms with E-state index in [1.54, 1.807) is 18.4 Å². The molecule has 2 aromatic heterocycles. The van der Waals surface area contributed by atoms with E-state index >= 15 is 0 Å². The van der Waals surface area contributed by atoms with Crippen molar-refractivity contribution in [2.75, 3.05) is 38.3 Å². The first kappa shape index (κ1) is 15.2. The normalized spacial score (nSPS) is 14.7. The second kappa shape index (κ2) is 6.58. The molecular formula is C15H20N4O2S. The number of aryl methyl sites for hydroxylation is 1. The Kier molecular flexibility index (Phi) is 4.54. The first-order valence-corrected chi connectivity index (χ1v) is 8.36. The number of methoxy groups -OCH3 is 1. The highest BCUT2D eigenvalue weighted by Gasteiger charge is 2.22. The van der Waals surface area contributed by atoms with Crippen LogP contribution in [0.2, 0.25) is 0 Å². The number of ether oxygens (including phenoxy) is 1. The maximum atomic E-state index is 12.2. The summed E-state index contributed by atoms with van der Waals surface area (Å²) in [6.07, 6.45) is 2.34. The fraction of sp³-hybridized carbons (Fsp3) is 0.533. The van der Waals surface area contributed by atoms with Crippen LogP contribution in [0.25, 0.3) is 10.9 Å². The maximum Gasteiger partial charge on any atom is 0.289 e. The lowest BCUT2D eigenvalue weighted by Crippen LogP contribution is -2.29. The van der Waals surface area contributed by atoms with Crippen LogP contribution in [-0.2, 0) is 4.74 Å². The summed E-state index contributed by atoms with van der Waals surface area (Å²) in [5.74, 6) is 0.893. The van der Waals surface area contributed by atoms with Crippen molar-refractivity contribution in [2.45, 2.75) is 19.8 Å². The van der Waals surface area contributed by atoms with Gasteiger partial charge in [-0.1, -0.05) is 0 Å². The van der Waals surface area contributed by atoms with E-state index in [1.165, 1.54) is 17.7 Å². The van der Waals surface area contributed by atoms with Gasteiger partial charge in [0.1, 0.15) is 5.82 Å². The van der Waals surface area contributed by atoms with Crippen molar-refractivity contribution in [2.24, 2.45) is 0 Å². The van der Waals surface area contributed by atoms with Crippen LogP contribution >= 0.6 is 11.3 Å². The van der Waals surface area contributed by atoms with E-state index < -0.39 is 0 Å². The zero-order valence-corrected chi connectivity index (χ0v) is 13.7. The van der Waals surface area contributed by atoms with E-state index in [4.69, 9.17) is 4.74 Å². The van der Waals surface area contributed by atoms with Crippen molar-refractivity contribution in [3.8, 4) is 0 Å². The average molecular weight is 320 g/mol. The molecule has 0 radical (unpaired) electrons. The SMILES string of the molecule is COCCNC(=O)c1nc(N2CCCC2)c2c(C)scc2n1. The molecule has 7 heteroatoms. The van der Waals surface area contributed by atoms with Gasteiger partial charge in [0.15, 0.2) is 0 Å². The topological polar surface area (TPSA) is 67.3 Å². The third kappa shape index (κ3) is 2.91. The summed E-state index contributed by atoms with van der Waals surface area (Å²) in [5, 5.41) is 5.87. The Morgan fingerprint density at radius 2 is 2.18 bits per heavy atom. The highest BCUT2D eigenvalue weighted by molar-refractivity contribution is 7.11. The number of nitrogens with zero attached hydrogens (tertiary/aromatic N) is 3. The van der Waals surface area contributed by atoms with Gasteiger partial charge in [-0.05, 0) is 19.8 Å². The number of nitrogens with one attached hydrogen (secondary N) is 1. The van der Waals surface area contributed by atoms with Crippen molar-refractivity contribution in [1.29, 1.82) is 0 Å². The van der Waals surface area contributed by atoms with Crippen LogP contribution in [-0.4, -0.2) is 49.2 Å². The minimum atomic E-state index is -0.247. The number of thiophene rings is 1. The number of hydrogen-bond acceptors (Lipinski definition) is 6. The highest BCUT2D eigenvalue weighted by atomic mass is 32.1. The number of rotatable bonds is 5. The second-order valence-electron chi connectivity index (χ2n) is 5.37. The van der Waals surface area contributed by atoms with Gasteiger partial charge in [-0.25, -0.2) is 9.97 Å². The van der Waals surface area contributed by atoms with Gasteiger partial charge in [0, 0.05) is 37.0 Å². The lowest BCUT2D eigenvalue weighted by Gasteiger charge is -2.18. The third-order valence-corrected chi connectivity index (χ3v) is 4.72. The van der Waals surface area contributed by atoms with Gasteiger partial charge in [-0.15, -0.1) is 11.3 Å². The highest BCUT2D eigenvalue weighted by Crippen LogP contribution is 2.32. The largest absolute Gasteiger partial charge is 0.383 e. The number of carbonyl (C=O) groups excluding carboxylic acids is 1. The molecule has 22 heavy (non-hydrogen) atoms. The van der Waals surface area contributed by atoms with Gasteiger partial charge in [-0.3, -0.25) is 4.79 Å². The van der Waals surface area contributed by atoms with Crippen molar-refractivity contribution in [3.05, 3.63) is 16.1 Å². The first-order chi connectivity index (χ1) is 10.7. The van der Waals surface area contributed by atoms with Crippen LogP contribution in [0.5, 0.6) is 0 Å². The van der Waals surface area contributed by atoms with Gasteiger partial charge in [0.25, 0.3) is 5.91 Å². The number of aromatic nitrogens is 2. The number of anilines is 1. The van der Waals surface area contributed by atoms with E-state index in [-0.39, 0.29) is 11.7 Å². The number of fused-ring (bicyclic) bond motifs is 1. The number of carbonyl (C=O) groups is 1. The molecule has 0 aromatic carbocycles. The molecule has 1 aliphatic heterocycles. The Bertz CT molecular complexity index is 679. The molecule has 6 nitrogen and oxygen atoms in total. The quantitative estimate of drug-likeness (QED) is 0.853. The predicted octanol–water partition coefficient (Wildman–Crippen LogP) is 1.98. The summed E-state index contributed by atoms with van der Waals surface area (Å²) in [4.78, 5) is 24.7. The molecular weight excluding hydrogens is 300 g/mol. The van der Waals surface area contributed by atoms with Gasteiger partial charge in [0.2, 0.25) is 5.82 Å². The van der Waals surface area contributed by atoms with Crippen LogP contribution in [0.15, 0.2) is 5.38 Å². The van der Waals surface area contributed by atoms with E-state index in [9.17, 15) is 4.79 Å². The zero-order chi connectivity index (χ0) is 15.5. The summed E-state index contributed by atoms with van der Waals surface area (Å²) in [7, 11) is 1.61. The monoisotopic (exact) mass is 320 g/mol. The van der Waals surface area contributed by atoms with Gasteiger partial charge >= 0.3 is 0 Å². The number of amides is 1. The smallest absolute Gasteiger partial charge is 0.289 e. The molecule has 3 rings (SSSR count). The summed E-state index contributed by atoms with van der Waals surface area (Å²) >= 11 is 1.65. The molecule has 0 aliphatic carbocycles. The Morgan fingerprint density at radius 1 is 1.41 bits per heavy atom. The van der Waals surface area contributed by atoms with Gasteiger partial charge in [0.05, 0.1) is 17.5 Å². The van der Waals surface area contributed by atoms with E-state index in [0.29, 0.717) is 13.2 Å². The third-order valence-electron chi connectivity index (χ3n) is 3.82. The van der Waals surface area contributed by atoms with Crippen LogP contribution in [0.3, 0.4) is 0 Å². The molecule has 118 valence electrons. The van der Waals surface area contributed by atoms with Gasteiger partial charge in [-0.2, -0.15) is 0 Å². The molecule has 1 saturated heterocycles. The average Bonchev–Trinajstić information content (AvgIpc) is 3.17. The number of hydrogen-bond donors (Lipinski definition) is 1. The molecule has 2 aromatic rings. The zero-order valence-electron chi connectivity index (χ0n) is 12.9. The lowest BCUT2D eigenvalue weighted by atomic mass is 10.2. The van der Waals surface area contributed by atoms with E-state index in [1.807, 2.05) is 5.38 Å². The molecule has 0 atom stereocenters. The van der Waals surface area contributed by atoms with Crippen LogP contribution in [0.1, 0.15) is 28.3 Å². The molecule has 1 amide bonds. The molecule has 3 heterocycles. The maximum absolute atomic E-state index is 12.2.